The van der Waals surface area contributed by atoms with E-state index in [1.54, 1.807) is 14.0 Å². The predicted octanol–water partition coefficient (Wildman–Crippen LogP) is 0.963. The molecule has 0 saturated carbocycles. The molecule has 0 spiro atoms. The lowest BCUT2D eigenvalue weighted by Gasteiger charge is -2.46. The van der Waals surface area contributed by atoms with E-state index in [9.17, 15) is 9.59 Å². The number of fused-ring (bicyclic) bond motifs is 1. The number of piperidine rings is 2. The number of nitrogens with zero attached hydrogens (tertiary/aromatic N) is 3. The molecule has 3 rings (SSSR count). The number of rotatable bonds is 5. The highest BCUT2D eigenvalue weighted by molar-refractivity contribution is 5.94. The molecule has 26 heavy (non-hydrogen) atoms. The summed E-state index contributed by atoms with van der Waals surface area (Å²) in [5.74, 6) is 0.962. The minimum atomic E-state index is -0.121. The van der Waals surface area contributed by atoms with Crippen molar-refractivity contribution >= 4 is 24.2 Å². The summed E-state index contributed by atoms with van der Waals surface area (Å²) in [5, 5.41) is 3.94. The zero-order valence-corrected chi connectivity index (χ0v) is 16.1. The molecular weight excluding hydrogens is 360 g/mol. The lowest BCUT2D eigenvalue weighted by atomic mass is 9.83. The largest absolute Gasteiger partial charge is 0.380 e. The number of halogens is 1. The Kier molecular flexibility index (Phi) is 7.02. The number of aromatic nitrogens is 1. The minimum Gasteiger partial charge on any atom is -0.380 e. The lowest BCUT2D eigenvalue weighted by Crippen LogP contribution is -2.57. The van der Waals surface area contributed by atoms with Crippen LogP contribution in [0.3, 0.4) is 0 Å². The van der Waals surface area contributed by atoms with Gasteiger partial charge in [-0.15, -0.1) is 12.4 Å². The Morgan fingerprint density at radius 3 is 2.88 bits per heavy atom. The smallest absolute Gasteiger partial charge is 0.276 e. The van der Waals surface area contributed by atoms with Gasteiger partial charge in [-0.05, 0) is 25.7 Å². The number of aryl methyl sites for hydroxylation is 1. The monoisotopic (exact) mass is 386 g/mol. The van der Waals surface area contributed by atoms with E-state index in [1.807, 2.05) is 9.80 Å². The van der Waals surface area contributed by atoms with Gasteiger partial charge in [-0.2, -0.15) is 0 Å². The second kappa shape index (κ2) is 8.83. The summed E-state index contributed by atoms with van der Waals surface area (Å²) in [6.07, 6.45) is 2.12. The van der Waals surface area contributed by atoms with Gasteiger partial charge in [-0.25, -0.2) is 0 Å². The summed E-state index contributed by atoms with van der Waals surface area (Å²) in [6.45, 7) is 4.38. The third-order valence-corrected chi connectivity index (χ3v) is 5.28. The summed E-state index contributed by atoms with van der Waals surface area (Å²) in [7, 11) is 1.58. The van der Waals surface area contributed by atoms with E-state index in [0.29, 0.717) is 62.1 Å². The number of nitrogens with two attached hydrogens (primary N) is 1. The highest BCUT2D eigenvalue weighted by Gasteiger charge is 2.40. The third kappa shape index (κ3) is 3.87. The Hall–Kier alpha value is -1.64. The predicted molar refractivity (Wildman–Crippen MR) is 97.0 cm³/mol. The van der Waals surface area contributed by atoms with Crippen molar-refractivity contribution in [2.75, 3.05) is 33.3 Å². The Labute approximate surface area is 159 Å². The average Bonchev–Trinajstić information content (AvgIpc) is 2.98. The molecule has 2 aliphatic heterocycles. The molecule has 0 radical (unpaired) electrons. The second-order valence-corrected chi connectivity index (χ2v) is 6.78. The van der Waals surface area contributed by atoms with Crippen LogP contribution in [0.5, 0.6) is 0 Å². The van der Waals surface area contributed by atoms with E-state index in [4.69, 9.17) is 15.0 Å². The Balaban J connectivity index is 0.00000243. The summed E-state index contributed by atoms with van der Waals surface area (Å²) in [5.41, 5.74) is 6.70. The molecule has 2 amide bonds. The van der Waals surface area contributed by atoms with E-state index < -0.39 is 0 Å². The molecule has 1 aromatic heterocycles. The number of methoxy groups -OCH3 is 1. The highest BCUT2D eigenvalue weighted by atomic mass is 35.5. The topological polar surface area (TPSA) is 102 Å². The summed E-state index contributed by atoms with van der Waals surface area (Å²) >= 11 is 0. The number of hydrogen-bond donors (Lipinski definition) is 1. The Morgan fingerprint density at radius 1 is 1.42 bits per heavy atom. The van der Waals surface area contributed by atoms with Gasteiger partial charge in [0, 0.05) is 45.8 Å². The van der Waals surface area contributed by atoms with Crippen LogP contribution in [-0.4, -0.2) is 66.1 Å². The van der Waals surface area contributed by atoms with Gasteiger partial charge in [-0.1, -0.05) is 5.16 Å². The van der Waals surface area contributed by atoms with Crippen LogP contribution in [-0.2, 0) is 16.1 Å². The van der Waals surface area contributed by atoms with Crippen molar-refractivity contribution in [3.05, 3.63) is 17.0 Å². The van der Waals surface area contributed by atoms with Crippen molar-refractivity contribution < 1.29 is 18.8 Å². The molecule has 2 atom stereocenters. The van der Waals surface area contributed by atoms with Crippen molar-refractivity contribution in [3.63, 3.8) is 0 Å². The molecule has 1 aromatic rings. The van der Waals surface area contributed by atoms with Crippen LogP contribution >= 0.6 is 12.4 Å². The van der Waals surface area contributed by atoms with Crippen molar-refractivity contribution in [1.29, 1.82) is 0 Å². The maximum Gasteiger partial charge on any atom is 0.276 e. The van der Waals surface area contributed by atoms with Gasteiger partial charge < -0.3 is 24.8 Å². The number of carbonyl (C=O) groups excluding carboxylic acids is 2. The number of hydrogen-bond acceptors (Lipinski definition) is 6. The molecule has 0 aromatic carbocycles. The van der Waals surface area contributed by atoms with Crippen LogP contribution in [0.15, 0.2) is 4.52 Å². The highest BCUT2D eigenvalue weighted by Crippen LogP contribution is 2.32. The van der Waals surface area contributed by atoms with Crippen LogP contribution in [0.2, 0.25) is 0 Å². The standard InChI is InChI=1S/C17H26N4O4.ClH/c1-11-13(10-24-2)16(19-25-11)17(23)20-7-5-14-12(9-20)3-4-15(22)21(14)8-6-18;/h12,14H,3-10,18H2,1-2H3;1H/t12-,14+;/m0./s1. The molecule has 2 fully saturated rings. The SMILES string of the molecule is COCc1c(C(=O)N2CC[C@@H]3[C@@H](CCC(=O)N3CCN)C2)noc1C.Cl. The van der Waals surface area contributed by atoms with Gasteiger partial charge in [0.1, 0.15) is 5.76 Å². The number of ether oxygens (including phenoxy) is 1. The molecule has 8 nitrogen and oxygen atoms in total. The average molecular weight is 387 g/mol. The Bertz CT molecular complexity index is 651. The van der Waals surface area contributed by atoms with Crippen LogP contribution in [0, 0.1) is 12.8 Å². The number of carbonyl (C=O) groups is 2. The molecule has 3 heterocycles. The number of likely N-dealkylation sites (tertiary alicyclic amines) is 2. The van der Waals surface area contributed by atoms with E-state index in [1.165, 1.54) is 0 Å². The first-order chi connectivity index (χ1) is 12.1. The molecule has 0 aliphatic carbocycles. The fraction of sp³-hybridized carbons (Fsp3) is 0.706. The minimum absolute atomic E-state index is 0. The van der Waals surface area contributed by atoms with Crippen molar-refractivity contribution in [2.24, 2.45) is 11.7 Å². The van der Waals surface area contributed by atoms with Gasteiger partial charge in [-0.3, -0.25) is 9.59 Å². The van der Waals surface area contributed by atoms with E-state index >= 15 is 0 Å². The van der Waals surface area contributed by atoms with Gasteiger partial charge >= 0.3 is 0 Å². The zero-order chi connectivity index (χ0) is 18.0. The first-order valence-electron chi connectivity index (χ1n) is 8.79. The molecule has 146 valence electrons. The fourth-order valence-electron chi connectivity index (χ4n) is 3.99. The molecule has 2 N–H and O–H groups in total. The van der Waals surface area contributed by atoms with E-state index in [0.717, 1.165) is 12.8 Å². The van der Waals surface area contributed by atoms with Crippen LogP contribution in [0.1, 0.15) is 41.1 Å². The maximum absolute atomic E-state index is 12.9. The summed E-state index contributed by atoms with van der Waals surface area (Å²) in [4.78, 5) is 28.8. The van der Waals surface area contributed by atoms with Gasteiger partial charge in [0.25, 0.3) is 5.91 Å². The van der Waals surface area contributed by atoms with Gasteiger partial charge in [0.15, 0.2) is 5.69 Å². The van der Waals surface area contributed by atoms with Crippen LogP contribution < -0.4 is 5.73 Å². The first-order valence-corrected chi connectivity index (χ1v) is 8.79. The second-order valence-electron chi connectivity index (χ2n) is 6.78. The van der Waals surface area contributed by atoms with E-state index in [-0.39, 0.29) is 30.3 Å². The maximum atomic E-state index is 12.9. The normalized spacial score (nSPS) is 22.8. The van der Waals surface area contributed by atoms with Crippen LogP contribution in [0.25, 0.3) is 0 Å². The quantitative estimate of drug-likeness (QED) is 0.808. The molecule has 0 unspecified atom stereocenters. The first kappa shape index (κ1) is 20.7. The van der Waals surface area contributed by atoms with Crippen LogP contribution in [0.4, 0.5) is 0 Å². The third-order valence-electron chi connectivity index (χ3n) is 5.28. The zero-order valence-electron chi connectivity index (χ0n) is 15.3. The number of amides is 2. The van der Waals surface area contributed by atoms with Gasteiger partial charge in [0.2, 0.25) is 5.91 Å². The van der Waals surface area contributed by atoms with Crippen molar-refractivity contribution in [1.82, 2.24) is 15.0 Å². The van der Waals surface area contributed by atoms with Gasteiger partial charge in [0.05, 0.1) is 12.2 Å². The Morgan fingerprint density at radius 2 is 2.19 bits per heavy atom. The molecule has 9 heteroatoms. The molecule has 0 bridgehead atoms. The molecule has 2 aliphatic rings. The summed E-state index contributed by atoms with van der Waals surface area (Å²) < 4.78 is 10.3. The lowest BCUT2D eigenvalue weighted by molar-refractivity contribution is -0.140. The fourth-order valence-corrected chi connectivity index (χ4v) is 3.99. The van der Waals surface area contributed by atoms with Crippen molar-refractivity contribution in [2.45, 2.75) is 38.8 Å². The summed E-state index contributed by atoms with van der Waals surface area (Å²) in [6, 6.07) is 0.186. The van der Waals surface area contributed by atoms with E-state index in [2.05, 4.69) is 5.16 Å². The van der Waals surface area contributed by atoms with Crippen molar-refractivity contribution in [3.8, 4) is 0 Å². The molecule has 2 saturated heterocycles. The molecular formula is C17H27ClN4O4.